The van der Waals surface area contributed by atoms with E-state index in [0.29, 0.717) is 11.4 Å². The van der Waals surface area contributed by atoms with Crippen molar-refractivity contribution in [1.29, 1.82) is 0 Å². The summed E-state index contributed by atoms with van der Waals surface area (Å²) in [5.41, 5.74) is 7.47. The molecule has 3 N–H and O–H groups in total. The van der Waals surface area contributed by atoms with E-state index in [1.165, 1.54) is 11.3 Å². The average molecular weight is 298 g/mol. The molecule has 0 fully saturated rings. The number of benzene rings is 1. The van der Waals surface area contributed by atoms with Gasteiger partial charge in [0.2, 0.25) is 0 Å². The fraction of sp³-hybridized carbons (Fsp3) is 0.235. The largest absolute Gasteiger partial charge is 0.345 e. The molecule has 1 heterocycles. The van der Waals surface area contributed by atoms with Gasteiger partial charge < -0.3 is 11.1 Å². The molecule has 2 rings (SSSR count). The molecule has 3 nitrogen and oxygen atoms in total. The lowest BCUT2D eigenvalue weighted by molar-refractivity contribution is 0.0944. The van der Waals surface area contributed by atoms with Crippen LogP contribution >= 0.6 is 11.3 Å². The minimum atomic E-state index is -0.0692. The van der Waals surface area contributed by atoms with Crippen LogP contribution in [0.25, 0.3) is 0 Å². The number of nitrogens with two attached hydrogens (primary N) is 1. The van der Waals surface area contributed by atoms with Crippen molar-refractivity contribution in [3.05, 3.63) is 57.3 Å². The Hall–Kier alpha value is -2.09. The van der Waals surface area contributed by atoms with Crippen LogP contribution in [0.3, 0.4) is 0 Å². The molecule has 21 heavy (non-hydrogen) atoms. The van der Waals surface area contributed by atoms with Crippen molar-refractivity contribution in [3.63, 3.8) is 0 Å². The molecule has 108 valence electrons. The van der Waals surface area contributed by atoms with Crippen LogP contribution in [0.4, 0.5) is 0 Å². The number of aryl methyl sites for hydroxylation is 1. The highest BCUT2D eigenvalue weighted by Crippen LogP contribution is 2.22. The quantitative estimate of drug-likeness (QED) is 0.856. The molecule has 1 unspecified atom stereocenters. The third-order valence-electron chi connectivity index (χ3n) is 3.09. The molecule has 0 aliphatic heterocycles. The standard InChI is InChI=1S/C17H18N2OS/c1-12-11-16(21-15(12)9-6-10-18)17(20)19-13(2)14-7-4-3-5-8-14/h3-5,7-8,11,13H,10,18H2,1-2H3,(H,19,20). The van der Waals surface area contributed by atoms with Gasteiger partial charge in [-0.05, 0) is 31.0 Å². The number of hydrogen-bond acceptors (Lipinski definition) is 3. The zero-order valence-electron chi connectivity index (χ0n) is 12.1. The fourth-order valence-electron chi connectivity index (χ4n) is 1.94. The second kappa shape index (κ2) is 7.07. The molecule has 2 aromatic rings. The van der Waals surface area contributed by atoms with E-state index in [-0.39, 0.29) is 11.9 Å². The molecule has 1 amide bonds. The number of rotatable bonds is 3. The first-order valence-corrected chi connectivity index (χ1v) is 7.58. The molecule has 0 spiro atoms. The molecule has 4 heteroatoms. The van der Waals surface area contributed by atoms with Crippen molar-refractivity contribution in [2.75, 3.05) is 6.54 Å². The van der Waals surface area contributed by atoms with Crippen LogP contribution in [-0.2, 0) is 0 Å². The highest BCUT2D eigenvalue weighted by molar-refractivity contribution is 7.14. The predicted octanol–water partition coefficient (Wildman–Crippen LogP) is 2.86. The summed E-state index contributed by atoms with van der Waals surface area (Å²) in [5, 5.41) is 3.01. The summed E-state index contributed by atoms with van der Waals surface area (Å²) >= 11 is 1.40. The van der Waals surface area contributed by atoms with Crippen molar-refractivity contribution in [2.24, 2.45) is 5.73 Å². The van der Waals surface area contributed by atoms with Gasteiger partial charge in [-0.25, -0.2) is 0 Å². The Bertz CT molecular complexity index is 680. The molecule has 1 aromatic carbocycles. The Morgan fingerprint density at radius 1 is 1.38 bits per heavy atom. The van der Waals surface area contributed by atoms with Crippen LogP contribution in [0.15, 0.2) is 36.4 Å². The van der Waals surface area contributed by atoms with Crippen LogP contribution in [-0.4, -0.2) is 12.5 Å². The molecule has 0 saturated carbocycles. The molecule has 0 radical (unpaired) electrons. The predicted molar refractivity (Wildman–Crippen MR) is 87.3 cm³/mol. The highest BCUT2D eigenvalue weighted by atomic mass is 32.1. The van der Waals surface area contributed by atoms with Gasteiger partial charge in [-0.15, -0.1) is 11.3 Å². The van der Waals surface area contributed by atoms with E-state index in [1.807, 2.05) is 50.2 Å². The van der Waals surface area contributed by atoms with Gasteiger partial charge in [0.1, 0.15) is 0 Å². The minimum Gasteiger partial charge on any atom is -0.345 e. The first kappa shape index (κ1) is 15.3. The lowest BCUT2D eigenvalue weighted by Crippen LogP contribution is -2.25. The van der Waals surface area contributed by atoms with E-state index in [4.69, 9.17) is 5.73 Å². The third-order valence-corrected chi connectivity index (χ3v) is 4.24. The molecular formula is C17H18N2OS. The Morgan fingerprint density at radius 3 is 2.76 bits per heavy atom. The number of hydrogen-bond donors (Lipinski definition) is 2. The van der Waals surface area contributed by atoms with E-state index >= 15 is 0 Å². The lowest BCUT2D eigenvalue weighted by atomic mass is 10.1. The third kappa shape index (κ3) is 3.94. The maximum Gasteiger partial charge on any atom is 0.261 e. The summed E-state index contributed by atoms with van der Waals surface area (Å²) in [7, 11) is 0. The van der Waals surface area contributed by atoms with Crippen LogP contribution < -0.4 is 11.1 Å². The Kier molecular flexibility index (Phi) is 5.15. The fourth-order valence-corrected chi connectivity index (χ4v) is 2.89. The smallest absolute Gasteiger partial charge is 0.261 e. The molecule has 0 aliphatic carbocycles. The summed E-state index contributed by atoms with van der Waals surface area (Å²) in [4.78, 5) is 13.9. The number of carbonyl (C=O) groups excluding carboxylic acids is 1. The maximum absolute atomic E-state index is 12.3. The number of thiophene rings is 1. The van der Waals surface area contributed by atoms with Crippen LogP contribution in [0.1, 0.15) is 38.6 Å². The van der Waals surface area contributed by atoms with E-state index in [1.54, 1.807) is 0 Å². The van der Waals surface area contributed by atoms with Gasteiger partial charge in [-0.2, -0.15) is 0 Å². The molecule has 1 atom stereocenters. The minimum absolute atomic E-state index is 0.0281. The van der Waals surface area contributed by atoms with Crippen LogP contribution in [0, 0.1) is 18.8 Å². The van der Waals surface area contributed by atoms with Gasteiger partial charge in [0.05, 0.1) is 22.3 Å². The number of carbonyl (C=O) groups is 1. The monoisotopic (exact) mass is 298 g/mol. The number of nitrogens with one attached hydrogen (secondary N) is 1. The van der Waals surface area contributed by atoms with Gasteiger partial charge >= 0.3 is 0 Å². The Labute approximate surface area is 129 Å². The maximum atomic E-state index is 12.3. The second-order valence-electron chi connectivity index (χ2n) is 4.73. The second-order valence-corrected chi connectivity index (χ2v) is 5.79. The van der Waals surface area contributed by atoms with E-state index in [2.05, 4.69) is 17.2 Å². The first-order chi connectivity index (χ1) is 10.1. The summed E-state index contributed by atoms with van der Waals surface area (Å²) in [6, 6.07) is 11.7. The van der Waals surface area contributed by atoms with Gasteiger partial charge in [0.15, 0.2) is 0 Å². The Balaban J connectivity index is 2.10. The summed E-state index contributed by atoms with van der Waals surface area (Å²) in [6.07, 6.45) is 0. The normalized spacial score (nSPS) is 11.4. The summed E-state index contributed by atoms with van der Waals surface area (Å²) in [6.45, 7) is 4.25. The summed E-state index contributed by atoms with van der Waals surface area (Å²) in [5.74, 6) is 5.75. The first-order valence-electron chi connectivity index (χ1n) is 6.77. The SMILES string of the molecule is Cc1cc(C(=O)NC(C)c2ccccc2)sc1C#CCN. The topological polar surface area (TPSA) is 55.1 Å². The summed E-state index contributed by atoms with van der Waals surface area (Å²) < 4.78 is 0. The average Bonchev–Trinajstić information content (AvgIpc) is 2.87. The lowest BCUT2D eigenvalue weighted by Gasteiger charge is -2.13. The Morgan fingerprint density at radius 2 is 2.10 bits per heavy atom. The zero-order valence-corrected chi connectivity index (χ0v) is 13.0. The van der Waals surface area contributed by atoms with Crippen molar-refractivity contribution in [3.8, 4) is 11.8 Å². The van der Waals surface area contributed by atoms with Crippen molar-refractivity contribution in [2.45, 2.75) is 19.9 Å². The van der Waals surface area contributed by atoms with E-state index in [0.717, 1.165) is 16.0 Å². The van der Waals surface area contributed by atoms with Crippen molar-refractivity contribution in [1.82, 2.24) is 5.32 Å². The molecule has 0 aliphatic rings. The number of amides is 1. The molecule has 1 aromatic heterocycles. The van der Waals surface area contributed by atoms with E-state index < -0.39 is 0 Å². The van der Waals surface area contributed by atoms with Crippen LogP contribution in [0.5, 0.6) is 0 Å². The molecule has 0 bridgehead atoms. The van der Waals surface area contributed by atoms with Crippen molar-refractivity contribution >= 4 is 17.2 Å². The van der Waals surface area contributed by atoms with E-state index in [9.17, 15) is 4.79 Å². The molecule has 0 saturated heterocycles. The van der Waals surface area contributed by atoms with Gasteiger partial charge in [-0.3, -0.25) is 4.79 Å². The highest BCUT2D eigenvalue weighted by Gasteiger charge is 2.14. The van der Waals surface area contributed by atoms with Gasteiger partial charge in [0, 0.05) is 0 Å². The van der Waals surface area contributed by atoms with Crippen LogP contribution in [0.2, 0.25) is 0 Å². The van der Waals surface area contributed by atoms with Gasteiger partial charge in [-0.1, -0.05) is 42.2 Å². The van der Waals surface area contributed by atoms with Crippen molar-refractivity contribution < 1.29 is 4.79 Å². The van der Waals surface area contributed by atoms with Gasteiger partial charge in [0.25, 0.3) is 5.91 Å². The zero-order chi connectivity index (χ0) is 15.2. The molecular weight excluding hydrogens is 280 g/mol.